The quantitative estimate of drug-likeness (QED) is 0.670. The van der Waals surface area contributed by atoms with Crippen molar-refractivity contribution in [2.75, 3.05) is 29.9 Å². The summed E-state index contributed by atoms with van der Waals surface area (Å²) >= 11 is 5.97. The molecule has 1 unspecified atom stereocenters. The number of ether oxygens (including phenoxy) is 1. The topological polar surface area (TPSA) is 95.9 Å². The van der Waals surface area contributed by atoms with Crippen LogP contribution < -0.4 is 10.2 Å². The lowest BCUT2D eigenvalue weighted by Crippen LogP contribution is -2.39. The van der Waals surface area contributed by atoms with Crippen molar-refractivity contribution in [1.82, 2.24) is 0 Å². The van der Waals surface area contributed by atoms with Gasteiger partial charge in [0.15, 0.2) is 0 Å². The van der Waals surface area contributed by atoms with E-state index < -0.39 is 11.9 Å². The average Bonchev–Trinajstić information content (AvgIpc) is 2.74. The van der Waals surface area contributed by atoms with E-state index in [-0.39, 0.29) is 17.5 Å². The van der Waals surface area contributed by atoms with Gasteiger partial charge in [0.25, 0.3) is 5.91 Å². The van der Waals surface area contributed by atoms with Crippen LogP contribution in [0.1, 0.15) is 40.5 Å². The molecule has 2 N–H and O–H groups in total. The molecule has 30 heavy (non-hydrogen) atoms. The van der Waals surface area contributed by atoms with Gasteiger partial charge in [-0.1, -0.05) is 17.7 Å². The second-order valence-corrected chi connectivity index (χ2v) is 7.48. The Morgan fingerprint density at radius 2 is 2.00 bits per heavy atom. The summed E-state index contributed by atoms with van der Waals surface area (Å²) in [7, 11) is 0. The maximum absolute atomic E-state index is 12.7. The van der Waals surface area contributed by atoms with Gasteiger partial charge >= 0.3 is 11.9 Å². The Kier molecular flexibility index (Phi) is 6.95. The number of carboxylic acids is 1. The van der Waals surface area contributed by atoms with Gasteiger partial charge in [0, 0.05) is 23.7 Å². The lowest BCUT2D eigenvalue weighted by molar-refractivity contribution is -0.148. The van der Waals surface area contributed by atoms with Crippen molar-refractivity contribution in [3.8, 4) is 0 Å². The van der Waals surface area contributed by atoms with Gasteiger partial charge in [0.05, 0.1) is 29.5 Å². The molecule has 1 heterocycles. The molecule has 8 heteroatoms. The van der Waals surface area contributed by atoms with E-state index in [0.29, 0.717) is 41.7 Å². The summed E-state index contributed by atoms with van der Waals surface area (Å²) in [5, 5.41) is 12.6. The first-order valence-electron chi connectivity index (χ1n) is 9.75. The van der Waals surface area contributed by atoms with Gasteiger partial charge in [0.1, 0.15) is 0 Å². The van der Waals surface area contributed by atoms with Gasteiger partial charge in [-0.25, -0.2) is 4.79 Å². The summed E-state index contributed by atoms with van der Waals surface area (Å²) in [6.45, 7) is 3.21. The molecular weight excluding hydrogens is 408 g/mol. The van der Waals surface area contributed by atoms with Gasteiger partial charge in [-0.2, -0.15) is 0 Å². The molecule has 1 saturated heterocycles. The normalized spacial score (nSPS) is 16.1. The molecule has 1 fully saturated rings. The molecule has 1 aliphatic heterocycles. The Hall–Kier alpha value is -3.06. The Morgan fingerprint density at radius 1 is 1.20 bits per heavy atom. The molecule has 7 nitrogen and oxygen atoms in total. The fourth-order valence-corrected chi connectivity index (χ4v) is 3.71. The molecule has 0 saturated carbocycles. The minimum Gasteiger partial charge on any atom is -0.478 e. The Bertz CT molecular complexity index is 962. The zero-order valence-electron chi connectivity index (χ0n) is 16.6. The van der Waals surface area contributed by atoms with E-state index in [0.717, 1.165) is 12.8 Å². The van der Waals surface area contributed by atoms with Crippen LogP contribution in [0.4, 0.5) is 11.4 Å². The Balaban J connectivity index is 1.89. The molecular formula is C22H23ClN2O5. The molecule has 2 aromatic carbocycles. The number of halogens is 1. The predicted octanol–water partition coefficient (Wildman–Crippen LogP) is 4.07. The molecule has 0 radical (unpaired) electrons. The third-order valence-electron chi connectivity index (χ3n) is 4.96. The number of hydrogen-bond acceptors (Lipinski definition) is 5. The Labute approximate surface area is 179 Å². The van der Waals surface area contributed by atoms with Gasteiger partial charge in [0.2, 0.25) is 0 Å². The number of amides is 1. The molecule has 1 amide bonds. The first-order chi connectivity index (χ1) is 14.4. The fraction of sp³-hybridized carbons (Fsp3) is 0.318. The van der Waals surface area contributed by atoms with Crippen molar-refractivity contribution in [2.24, 2.45) is 5.92 Å². The van der Waals surface area contributed by atoms with E-state index >= 15 is 0 Å². The van der Waals surface area contributed by atoms with E-state index in [9.17, 15) is 19.5 Å². The lowest BCUT2D eigenvalue weighted by Gasteiger charge is -2.34. The van der Waals surface area contributed by atoms with E-state index in [1.807, 2.05) is 4.90 Å². The first-order valence-corrected chi connectivity index (χ1v) is 10.1. The molecule has 3 rings (SSSR count). The summed E-state index contributed by atoms with van der Waals surface area (Å²) < 4.78 is 5.15. The molecule has 0 bridgehead atoms. The number of piperidine rings is 1. The first kappa shape index (κ1) is 21.6. The summed E-state index contributed by atoms with van der Waals surface area (Å²) in [6.07, 6.45) is 1.51. The van der Waals surface area contributed by atoms with Crippen LogP contribution in [0, 0.1) is 5.92 Å². The Morgan fingerprint density at radius 3 is 2.70 bits per heavy atom. The van der Waals surface area contributed by atoms with Crippen LogP contribution >= 0.6 is 11.6 Å². The van der Waals surface area contributed by atoms with Gasteiger partial charge in [-0.15, -0.1) is 0 Å². The summed E-state index contributed by atoms with van der Waals surface area (Å²) in [5.74, 6) is -2.01. The van der Waals surface area contributed by atoms with Gasteiger partial charge in [-0.3, -0.25) is 9.59 Å². The average molecular weight is 431 g/mol. The number of carboxylic acid groups (broad SMARTS) is 1. The number of esters is 1. The van der Waals surface area contributed by atoms with Crippen LogP contribution in [0.5, 0.6) is 0 Å². The second-order valence-electron chi connectivity index (χ2n) is 7.04. The minimum atomic E-state index is -1.09. The monoisotopic (exact) mass is 430 g/mol. The number of carbonyl (C=O) groups is 3. The number of nitrogens with zero attached hydrogens (tertiary/aromatic N) is 1. The van der Waals surface area contributed by atoms with Crippen molar-refractivity contribution in [1.29, 1.82) is 0 Å². The smallest absolute Gasteiger partial charge is 0.335 e. The number of nitrogens with one attached hydrogen (secondary N) is 1. The molecule has 0 spiro atoms. The highest BCUT2D eigenvalue weighted by molar-refractivity contribution is 6.31. The number of benzene rings is 2. The van der Waals surface area contributed by atoms with Crippen LogP contribution in [-0.4, -0.2) is 42.6 Å². The van der Waals surface area contributed by atoms with E-state index in [1.165, 1.54) is 18.2 Å². The van der Waals surface area contributed by atoms with Crippen LogP contribution in [-0.2, 0) is 9.53 Å². The molecule has 0 aromatic heterocycles. The number of rotatable bonds is 6. The van der Waals surface area contributed by atoms with Gasteiger partial charge in [-0.05, 0) is 56.2 Å². The van der Waals surface area contributed by atoms with Crippen molar-refractivity contribution < 1.29 is 24.2 Å². The standard InChI is InChI=1S/C22H23ClN2O5/c1-2-30-22(29)16-6-4-10-25(13-16)19-9-8-15(21(27)28)12-18(19)24-20(26)14-5-3-7-17(23)11-14/h3,5,7-9,11-12,16H,2,4,6,10,13H2,1H3,(H,24,26)(H,27,28). The maximum Gasteiger partial charge on any atom is 0.335 e. The third-order valence-corrected chi connectivity index (χ3v) is 5.20. The molecule has 0 aliphatic carbocycles. The van der Waals surface area contributed by atoms with E-state index in [4.69, 9.17) is 16.3 Å². The van der Waals surface area contributed by atoms with Crippen LogP contribution in [0.25, 0.3) is 0 Å². The summed E-state index contributed by atoms with van der Waals surface area (Å²) in [6, 6.07) is 11.1. The second kappa shape index (κ2) is 9.63. The summed E-state index contributed by atoms with van der Waals surface area (Å²) in [5.41, 5.74) is 1.44. The lowest BCUT2D eigenvalue weighted by atomic mass is 9.97. The van der Waals surface area contributed by atoms with Gasteiger partial charge < -0.3 is 20.1 Å². The van der Waals surface area contributed by atoms with Crippen LogP contribution in [0.15, 0.2) is 42.5 Å². The maximum atomic E-state index is 12.7. The zero-order valence-corrected chi connectivity index (χ0v) is 17.3. The minimum absolute atomic E-state index is 0.0547. The van der Waals surface area contributed by atoms with Crippen molar-refractivity contribution in [3.63, 3.8) is 0 Å². The zero-order chi connectivity index (χ0) is 21.7. The SMILES string of the molecule is CCOC(=O)C1CCCN(c2ccc(C(=O)O)cc2NC(=O)c2cccc(Cl)c2)C1. The number of hydrogen-bond donors (Lipinski definition) is 2. The predicted molar refractivity (Wildman–Crippen MR) is 114 cm³/mol. The van der Waals surface area contributed by atoms with Crippen LogP contribution in [0.2, 0.25) is 5.02 Å². The highest BCUT2D eigenvalue weighted by atomic mass is 35.5. The highest BCUT2D eigenvalue weighted by Gasteiger charge is 2.28. The van der Waals surface area contributed by atoms with E-state index in [1.54, 1.807) is 31.2 Å². The van der Waals surface area contributed by atoms with Crippen molar-refractivity contribution in [3.05, 3.63) is 58.6 Å². The molecule has 1 aliphatic rings. The fourth-order valence-electron chi connectivity index (χ4n) is 3.52. The third kappa shape index (κ3) is 5.10. The molecule has 158 valence electrons. The van der Waals surface area contributed by atoms with Crippen molar-refractivity contribution >= 4 is 40.8 Å². The summed E-state index contributed by atoms with van der Waals surface area (Å²) in [4.78, 5) is 38.3. The van der Waals surface area contributed by atoms with Crippen molar-refractivity contribution in [2.45, 2.75) is 19.8 Å². The molecule has 2 aromatic rings. The van der Waals surface area contributed by atoms with Crippen LogP contribution in [0.3, 0.4) is 0 Å². The number of aromatic carboxylic acids is 1. The molecule has 1 atom stereocenters. The number of anilines is 2. The van der Waals surface area contributed by atoms with E-state index in [2.05, 4.69) is 5.32 Å². The number of carbonyl (C=O) groups excluding carboxylic acids is 2. The highest BCUT2D eigenvalue weighted by Crippen LogP contribution is 2.32. The largest absolute Gasteiger partial charge is 0.478 e.